The number of rotatable bonds is 4. The zero-order valence-corrected chi connectivity index (χ0v) is 17.1. The molecule has 1 aliphatic rings. The molecule has 0 amide bonds. The topological polar surface area (TPSA) is 110 Å². The quantitative estimate of drug-likeness (QED) is 0.537. The first-order chi connectivity index (χ1) is 15.2. The molecule has 31 heavy (non-hydrogen) atoms. The highest BCUT2D eigenvalue weighted by Gasteiger charge is 2.18. The minimum Gasteiger partial charge on any atom is -0.414 e. The van der Waals surface area contributed by atoms with Gasteiger partial charge in [-0.3, -0.25) is 0 Å². The van der Waals surface area contributed by atoms with E-state index in [1.54, 1.807) is 12.4 Å². The largest absolute Gasteiger partial charge is 0.414 e. The van der Waals surface area contributed by atoms with Crippen LogP contribution < -0.4 is 10.6 Å². The number of anilines is 2. The molecule has 0 saturated carbocycles. The first-order valence-corrected chi connectivity index (χ1v) is 10.1. The van der Waals surface area contributed by atoms with Crippen LogP contribution in [0.1, 0.15) is 1.43 Å². The molecular formula is C22H24N8O. The zero-order chi connectivity index (χ0) is 21.2. The minimum atomic E-state index is 0. The molecule has 3 aromatic heterocycles. The van der Waals surface area contributed by atoms with Crippen molar-refractivity contribution in [2.24, 2.45) is 0 Å². The third-order valence-corrected chi connectivity index (χ3v) is 5.32. The lowest BCUT2D eigenvalue weighted by atomic mass is 10.2. The maximum atomic E-state index is 6.05. The molecule has 0 unspecified atom stereocenters. The molecule has 158 valence electrons. The van der Waals surface area contributed by atoms with E-state index in [-0.39, 0.29) is 13.1 Å². The van der Waals surface area contributed by atoms with Gasteiger partial charge in [-0.05, 0) is 31.3 Å². The van der Waals surface area contributed by atoms with Gasteiger partial charge in [0.15, 0.2) is 11.5 Å². The molecule has 1 aliphatic heterocycles. The van der Waals surface area contributed by atoms with Gasteiger partial charge in [0.2, 0.25) is 5.89 Å². The highest BCUT2D eigenvalue weighted by molar-refractivity contribution is 5.69. The summed E-state index contributed by atoms with van der Waals surface area (Å²) in [7, 11) is 2.14. The molecule has 9 nitrogen and oxygen atoms in total. The second-order valence-electron chi connectivity index (χ2n) is 7.46. The number of nitrogens with two attached hydrogens (primary N) is 1. The van der Waals surface area contributed by atoms with Crippen molar-refractivity contribution in [1.29, 1.82) is 0 Å². The van der Waals surface area contributed by atoms with Crippen LogP contribution in [0, 0.1) is 0 Å². The molecule has 4 aromatic rings. The van der Waals surface area contributed by atoms with Crippen LogP contribution in [-0.4, -0.2) is 63.3 Å². The van der Waals surface area contributed by atoms with Crippen LogP contribution in [0.5, 0.6) is 0 Å². The molecule has 0 bridgehead atoms. The van der Waals surface area contributed by atoms with Gasteiger partial charge in [0.25, 0.3) is 5.89 Å². The first-order valence-electron chi connectivity index (χ1n) is 10.1. The normalized spacial score (nSPS) is 14.7. The smallest absolute Gasteiger partial charge is 0.270 e. The van der Waals surface area contributed by atoms with Gasteiger partial charge in [-0.15, -0.1) is 10.2 Å². The number of pyridine rings is 1. The number of aromatic nitrogens is 5. The molecule has 1 saturated heterocycles. The third-order valence-electron chi connectivity index (χ3n) is 5.32. The lowest BCUT2D eigenvalue weighted by Gasteiger charge is -2.33. The fourth-order valence-corrected chi connectivity index (χ4v) is 3.47. The second-order valence-corrected chi connectivity index (χ2v) is 7.46. The average Bonchev–Trinajstić information content (AvgIpc) is 3.31. The Balaban J connectivity index is 0.00000245. The van der Waals surface area contributed by atoms with E-state index in [0.717, 1.165) is 43.1 Å². The molecule has 0 spiro atoms. The van der Waals surface area contributed by atoms with Crippen LogP contribution in [0.2, 0.25) is 0 Å². The van der Waals surface area contributed by atoms with Gasteiger partial charge in [-0.25, -0.2) is 15.0 Å². The summed E-state index contributed by atoms with van der Waals surface area (Å²) in [5.74, 6) is 1.83. The molecule has 0 radical (unpaired) electrons. The van der Waals surface area contributed by atoms with Crippen molar-refractivity contribution in [2.75, 3.05) is 43.9 Å². The zero-order valence-electron chi connectivity index (χ0n) is 17.1. The number of piperazine rings is 1. The Morgan fingerprint density at radius 3 is 2.39 bits per heavy atom. The summed E-state index contributed by atoms with van der Waals surface area (Å²) >= 11 is 0. The second kappa shape index (κ2) is 8.11. The van der Waals surface area contributed by atoms with E-state index in [1.165, 1.54) is 0 Å². The fourth-order valence-electron chi connectivity index (χ4n) is 3.47. The van der Waals surface area contributed by atoms with Crippen LogP contribution in [0.4, 0.5) is 11.6 Å². The van der Waals surface area contributed by atoms with Gasteiger partial charge >= 0.3 is 0 Å². The molecular weight excluding hydrogens is 392 g/mol. The Morgan fingerprint density at radius 1 is 0.871 bits per heavy atom. The Hall–Kier alpha value is -3.85. The SMILES string of the molecule is CN1CCN(c2ccc(-c3cnc(N)c(-c4nnc(-c5ccccc5)o4)n3)cn2)CC1.[HH]. The molecule has 4 heterocycles. The Kier molecular flexibility index (Phi) is 5.01. The molecule has 0 atom stereocenters. The van der Waals surface area contributed by atoms with Crippen LogP contribution in [0.3, 0.4) is 0 Å². The minimum absolute atomic E-state index is 0. The Labute approximate surface area is 181 Å². The molecule has 9 heteroatoms. The summed E-state index contributed by atoms with van der Waals surface area (Å²) < 4.78 is 5.80. The van der Waals surface area contributed by atoms with E-state index < -0.39 is 0 Å². The first kappa shape index (κ1) is 19.1. The predicted octanol–water partition coefficient (Wildman–Crippen LogP) is 2.84. The highest BCUT2D eigenvalue weighted by Crippen LogP contribution is 2.28. The molecule has 2 N–H and O–H groups in total. The van der Waals surface area contributed by atoms with Gasteiger partial charge in [0.05, 0.1) is 11.9 Å². The van der Waals surface area contributed by atoms with Crippen LogP contribution in [0.15, 0.2) is 59.3 Å². The Morgan fingerprint density at radius 2 is 1.65 bits per heavy atom. The number of hydrogen-bond donors (Lipinski definition) is 1. The number of hydrogen-bond acceptors (Lipinski definition) is 9. The maximum absolute atomic E-state index is 6.05. The van der Waals surface area contributed by atoms with E-state index in [4.69, 9.17) is 10.2 Å². The number of likely N-dealkylation sites (N-methyl/N-ethyl adjacent to an activating group) is 1. The number of nitrogens with zero attached hydrogens (tertiary/aromatic N) is 7. The monoisotopic (exact) mass is 416 g/mol. The molecule has 5 rings (SSSR count). The summed E-state index contributed by atoms with van der Waals surface area (Å²) in [5, 5.41) is 8.23. The van der Waals surface area contributed by atoms with Gasteiger partial charge in [-0.2, -0.15) is 0 Å². The summed E-state index contributed by atoms with van der Waals surface area (Å²) in [5.41, 5.74) is 8.72. The van der Waals surface area contributed by atoms with Crippen LogP contribution >= 0.6 is 0 Å². The number of benzene rings is 1. The van der Waals surface area contributed by atoms with Crippen LogP contribution in [0.25, 0.3) is 34.3 Å². The average molecular weight is 416 g/mol. The van der Waals surface area contributed by atoms with E-state index in [9.17, 15) is 0 Å². The van der Waals surface area contributed by atoms with Crippen molar-refractivity contribution in [2.45, 2.75) is 0 Å². The van der Waals surface area contributed by atoms with E-state index >= 15 is 0 Å². The van der Waals surface area contributed by atoms with Crippen molar-refractivity contribution in [3.63, 3.8) is 0 Å². The summed E-state index contributed by atoms with van der Waals surface area (Å²) in [4.78, 5) is 18.1. The van der Waals surface area contributed by atoms with Crippen molar-refractivity contribution in [1.82, 2.24) is 30.0 Å². The lowest BCUT2D eigenvalue weighted by Crippen LogP contribution is -2.44. The van der Waals surface area contributed by atoms with Crippen molar-refractivity contribution in [3.8, 4) is 34.3 Å². The predicted molar refractivity (Wildman–Crippen MR) is 120 cm³/mol. The fraction of sp³-hybridized carbons (Fsp3) is 0.227. The summed E-state index contributed by atoms with van der Waals surface area (Å²) in [6.45, 7) is 4.00. The standard InChI is InChI=1S/C22H22N8O.H2/c1-29-9-11-30(12-10-29)18-8-7-16(13-24-18)17-14-25-20(23)19(26-17)22-28-27-21(31-22)15-5-3-2-4-6-15;/h2-8,13-14H,9-12H2,1H3,(H2,23,25);1H. The summed E-state index contributed by atoms with van der Waals surface area (Å²) in [6.07, 6.45) is 3.43. The van der Waals surface area contributed by atoms with Crippen molar-refractivity contribution >= 4 is 11.6 Å². The Bertz CT molecular complexity index is 1170. The van der Waals surface area contributed by atoms with Gasteiger partial charge in [0, 0.05) is 44.9 Å². The summed E-state index contributed by atoms with van der Waals surface area (Å²) in [6, 6.07) is 13.6. The molecule has 1 aromatic carbocycles. The van der Waals surface area contributed by atoms with E-state index in [1.807, 2.05) is 42.5 Å². The van der Waals surface area contributed by atoms with E-state index in [0.29, 0.717) is 17.3 Å². The highest BCUT2D eigenvalue weighted by atomic mass is 16.4. The van der Waals surface area contributed by atoms with Crippen molar-refractivity contribution in [3.05, 3.63) is 54.9 Å². The van der Waals surface area contributed by atoms with Gasteiger partial charge in [-0.1, -0.05) is 18.2 Å². The van der Waals surface area contributed by atoms with Crippen molar-refractivity contribution < 1.29 is 5.84 Å². The molecule has 1 fully saturated rings. The van der Waals surface area contributed by atoms with Crippen LogP contribution in [-0.2, 0) is 0 Å². The number of nitrogen functional groups attached to an aromatic ring is 1. The van der Waals surface area contributed by atoms with E-state index in [2.05, 4.69) is 42.0 Å². The lowest BCUT2D eigenvalue weighted by molar-refractivity contribution is 0.312. The third kappa shape index (κ3) is 3.95. The maximum Gasteiger partial charge on any atom is 0.270 e. The van der Waals surface area contributed by atoms with Gasteiger partial charge < -0.3 is 20.0 Å². The molecule has 0 aliphatic carbocycles. The van der Waals surface area contributed by atoms with Gasteiger partial charge in [0.1, 0.15) is 5.82 Å².